The summed E-state index contributed by atoms with van der Waals surface area (Å²) in [6.45, 7) is 0.375. The number of amides is 2. The lowest BCUT2D eigenvalue weighted by Gasteiger charge is -2.14. The molecular weight excluding hydrogens is 435 g/mol. The van der Waals surface area contributed by atoms with Crippen LogP contribution in [-0.4, -0.2) is 27.6 Å². The molecular formula is C20H16Cl2N2O2S2. The zero-order valence-electron chi connectivity index (χ0n) is 14.7. The summed E-state index contributed by atoms with van der Waals surface area (Å²) < 4.78 is 0.481. The second-order valence-corrected chi connectivity index (χ2v) is 8.48. The van der Waals surface area contributed by atoms with E-state index in [1.807, 2.05) is 18.2 Å². The number of benzene rings is 2. The molecule has 0 radical (unpaired) electrons. The molecule has 2 amide bonds. The van der Waals surface area contributed by atoms with E-state index in [0.717, 1.165) is 5.56 Å². The molecule has 1 aliphatic heterocycles. The third-order valence-electron chi connectivity index (χ3n) is 4.00. The van der Waals surface area contributed by atoms with Crippen molar-refractivity contribution in [2.75, 3.05) is 11.9 Å². The molecule has 1 aliphatic rings. The summed E-state index contributed by atoms with van der Waals surface area (Å²) in [5.41, 5.74) is 1.34. The molecule has 1 heterocycles. The standard InChI is InChI=1S/C20H16Cl2N2O2S2/c21-14-7-2-1-6-13(14)12-17-19(26)24(20(27)28-17)11-5-10-18(25)23-16-9-4-3-8-15(16)22/h1-4,6-9,12H,5,10-11H2,(H,23,25). The summed E-state index contributed by atoms with van der Waals surface area (Å²) in [6.07, 6.45) is 2.49. The van der Waals surface area contributed by atoms with Crippen LogP contribution in [0.4, 0.5) is 5.69 Å². The van der Waals surface area contributed by atoms with Gasteiger partial charge >= 0.3 is 0 Å². The predicted molar refractivity (Wildman–Crippen MR) is 121 cm³/mol. The normalized spacial score (nSPS) is 15.4. The molecule has 144 valence electrons. The van der Waals surface area contributed by atoms with E-state index in [1.165, 1.54) is 16.7 Å². The Morgan fingerprint density at radius 1 is 1.11 bits per heavy atom. The average Bonchev–Trinajstić information content (AvgIpc) is 2.93. The fourth-order valence-corrected chi connectivity index (χ4v) is 4.27. The van der Waals surface area contributed by atoms with Crippen molar-refractivity contribution in [2.45, 2.75) is 12.8 Å². The van der Waals surface area contributed by atoms with Gasteiger partial charge in [-0.3, -0.25) is 14.5 Å². The molecule has 0 bridgehead atoms. The molecule has 0 unspecified atom stereocenters. The van der Waals surface area contributed by atoms with Crippen LogP contribution in [0.25, 0.3) is 6.08 Å². The number of nitrogens with one attached hydrogen (secondary N) is 1. The number of carbonyl (C=O) groups is 2. The van der Waals surface area contributed by atoms with Gasteiger partial charge in [-0.2, -0.15) is 0 Å². The summed E-state index contributed by atoms with van der Waals surface area (Å²) in [5.74, 6) is -0.327. The number of carbonyl (C=O) groups excluding carboxylic acids is 2. The van der Waals surface area contributed by atoms with E-state index in [2.05, 4.69) is 5.32 Å². The SMILES string of the molecule is O=C(CCCN1C(=O)C(=Cc2ccccc2Cl)SC1=S)Nc1ccccc1Cl. The number of hydrogen-bond donors (Lipinski definition) is 1. The lowest BCUT2D eigenvalue weighted by Crippen LogP contribution is -2.29. The second kappa shape index (κ2) is 9.56. The molecule has 0 atom stereocenters. The summed E-state index contributed by atoms with van der Waals surface area (Å²) in [7, 11) is 0. The number of para-hydroxylation sites is 1. The van der Waals surface area contributed by atoms with Crippen molar-refractivity contribution < 1.29 is 9.59 Å². The zero-order valence-corrected chi connectivity index (χ0v) is 17.8. The van der Waals surface area contributed by atoms with Crippen molar-refractivity contribution >= 4 is 75.1 Å². The highest BCUT2D eigenvalue weighted by Crippen LogP contribution is 2.33. The van der Waals surface area contributed by atoms with E-state index in [9.17, 15) is 9.59 Å². The number of hydrogen-bond acceptors (Lipinski definition) is 4. The molecule has 0 saturated carbocycles. The molecule has 4 nitrogen and oxygen atoms in total. The first-order valence-corrected chi connectivity index (χ1v) is 10.5. The van der Waals surface area contributed by atoms with Crippen LogP contribution in [0.2, 0.25) is 10.0 Å². The molecule has 28 heavy (non-hydrogen) atoms. The Balaban J connectivity index is 1.56. The van der Waals surface area contributed by atoms with E-state index in [0.29, 0.717) is 37.9 Å². The van der Waals surface area contributed by atoms with Gasteiger partial charge in [0.05, 0.1) is 15.6 Å². The first kappa shape index (κ1) is 20.9. The van der Waals surface area contributed by atoms with Crippen LogP contribution in [0.15, 0.2) is 53.4 Å². The monoisotopic (exact) mass is 450 g/mol. The predicted octanol–water partition coefficient (Wildman–Crippen LogP) is 5.61. The van der Waals surface area contributed by atoms with Gasteiger partial charge in [0.1, 0.15) is 4.32 Å². The maximum atomic E-state index is 12.6. The molecule has 0 spiro atoms. The highest BCUT2D eigenvalue weighted by atomic mass is 35.5. The lowest BCUT2D eigenvalue weighted by atomic mass is 10.2. The third kappa shape index (κ3) is 5.14. The van der Waals surface area contributed by atoms with Gasteiger partial charge in [-0.25, -0.2) is 0 Å². The highest BCUT2D eigenvalue weighted by molar-refractivity contribution is 8.26. The maximum absolute atomic E-state index is 12.6. The van der Waals surface area contributed by atoms with Gasteiger partial charge in [-0.05, 0) is 36.3 Å². The van der Waals surface area contributed by atoms with Crippen molar-refractivity contribution in [1.29, 1.82) is 0 Å². The van der Waals surface area contributed by atoms with Gasteiger partial charge in [0.25, 0.3) is 5.91 Å². The fourth-order valence-electron chi connectivity index (χ4n) is 2.60. The summed E-state index contributed by atoms with van der Waals surface area (Å²) in [4.78, 5) is 26.8. The average molecular weight is 451 g/mol. The van der Waals surface area contributed by atoms with Crippen molar-refractivity contribution in [3.05, 3.63) is 69.0 Å². The fraction of sp³-hybridized carbons (Fsp3) is 0.150. The number of anilines is 1. The van der Waals surface area contributed by atoms with E-state index in [-0.39, 0.29) is 18.2 Å². The van der Waals surface area contributed by atoms with E-state index < -0.39 is 0 Å². The van der Waals surface area contributed by atoms with Gasteiger partial charge < -0.3 is 5.32 Å². The minimum absolute atomic E-state index is 0.162. The minimum Gasteiger partial charge on any atom is -0.325 e. The first-order valence-electron chi connectivity index (χ1n) is 8.50. The second-order valence-electron chi connectivity index (χ2n) is 5.99. The molecule has 2 aromatic carbocycles. The van der Waals surface area contributed by atoms with E-state index in [1.54, 1.807) is 36.4 Å². The number of nitrogens with zero attached hydrogens (tertiary/aromatic N) is 1. The molecule has 0 aromatic heterocycles. The smallest absolute Gasteiger partial charge is 0.266 e. The van der Waals surface area contributed by atoms with Crippen LogP contribution in [0.1, 0.15) is 18.4 Å². The molecule has 8 heteroatoms. The zero-order chi connectivity index (χ0) is 20.1. The molecule has 1 N–H and O–H groups in total. The molecule has 0 aliphatic carbocycles. The summed E-state index contributed by atoms with van der Waals surface area (Å²) in [5, 5.41) is 3.82. The first-order chi connectivity index (χ1) is 13.5. The Labute approximate surface area is 182 Å². The van der Waals surface area contributed by atoms with Crippen molar-refractivity contribution in [1.82, 2.24) is 4.90 Å². The Bertz CT molecular complexity index is 963. The summed E-state index contributed by atoms with van der Waals surface area (Å²) >= 11 is 18.8. The van der Waals surface area contributed by atoms with Gasteiger partial charge in [0.2, 0.25) is 5.91 Å². The van der Waals surface area contributed by atoms with E-state index in [4.69, 9.17) is 35.4 Å². The van der Waals surface area contributed by atoms with Crippen molar-refractivity contribution in [2.24, 2.45) is 0 Å². The maximum Gasteiger partial charge on any atom is 0.266 e. The van der Waals surface area contributed by atoms with Crippen LogP contribution in [0, 0.1) is 0 Å². The lowest BCUT2D eigenvalue weighted by molar-refractivity contribution is -0.122. The Morgan fingerprint density at radius 3 is 2.50 bits per heavy atom. The van der Waals surface area contributed by atoms with Crippen molar-refractivity contribution in [3.63, 3.8) is 0 Å². The molecule has 2 aromatic rings. The number of rotatable bonds is 6. The molecule has 1 fully saturated rings. The summed E-state index contributed by atoms with van der Waals surface area (Å²) in [6, 6.07) is 14.3. The Morgan fingerprint density at radius 2 is 1.79 bits per heavy atom. The third-order valence-corrected chi connectivity index (χ3v) is 6.05. The van der Waals surface area contributed by atoms with Crippen LogP contribution in [0.5, 0.6) is 0 Å². The Kier molecular flexibility index (Phi) is 7.13. The molecule has 3 rings (SSSR count). The van der Waals surface area contributed by atoms with Gasteiger partial charge in [-0.15, -0.1) is 0 Å². The number of thiocarbonyl (C=S) groups is 1. The quantitative estimate of drug-likeness (QED) is 0.458. The van der Waals surface area contributed by atoms with E-state index >= 15 is 0 Å². The minimum atomic E-state index is -0.165. The topological polar surface area (TPSA) is 49.4 Å². The highest BCUT2D eigenvalue weighted by Gasteiger charge is 2.31. The molecule has 1 saturated heterocycles. The number of thioether (sulfide) groups is 1. The van der Waals surface area contributed by atoms with Crippen LogP contribution in [0.3, 0.4) is 0 Å². The van der Waals surface area contributed by atoms with Crippen molar-refractivity contribution in [3.8, 4) is 0 Å². The largest absolute Gasteiger partial charge is 0.325 e. The Hall–Kier alpha value is -1.86. The van der Waals surface area contributed by atoms with Crippen LogP contribution >= 0.6 is 47.2 Å². The van der Waals surface area contributed by atoms with Gasteiger partial charge in [0.15, 0.2) is 0 Å². The van der Waals surface area contributed by atoms with Gasteiger partial charge in [-0.1, -0.05) is 77.5 Å². The van der Waals surface area contributed by atoms with Crippen LogP contribution < -0.4 is 5.32 Å². The van der Waals surface area contributed by atoms with Crippen LogP contribution in [-0.2, 0) is 9.59 Å². The van der Waals surface area contributed by atoms with Gasteiger partial charge in [0, 0.05) is 18.0 Å². The number of halogens is 2.